The number of carboxylic acids is 1. The van der Waals surface area contributed by atoms with Gasteiger partial charge < -0.3 is 9.84 Å². The van der Waals surface area contributed by atoms with Crippen LogP contribution in [0.25, 0.3) is 10.1 Å². The quantitative estimate of drug-likeness (QED) is 0.591. The van der Waals surface area contributed by atoms with Gasteiger partial charge in [-0.25, -0.2) is 13.6 Å². The molecule has 0 saturated heterocycles. The van der Waals surface area contributed by atoms with E-state index in [0.29, 0.717) is 17.1 Å². The van der Waals surface area contributed by atoms with Crippen molar-refractivity contribution in [2.75, 3.05) is 0 Å². The van der Waals surface area contributed by atoms with Crippen LogP contribution in [0.4, 0.5) is 8.78 Å². The van der Waals surface area contributed by atoms with Crippen LogP contribution in [0.2, 0.25) is 0 Å². The molecule has 0 amide bonds. The number of carbonyl (C=O) groups is 1. The van der Waals surface area contributed by atoms with E-state index in [2.05, 4.69) is 0 Å². The zero-order valence-electron chi connectivity index (χ0n) is 13.8. The molecule has 1 N–H and O–H groups in total. The number of thiophene rings is 1. The molecule has 0 atom stereocenters. The van der Waals surface area contributed by atoms with Crippen LogP contribution < -0.4 is 4.74 Å². The molecule has 132 valence electrons. The van der Waals surface area contributed by atoms with E-state index in [1.54, 1.807) is 12.1 Å². The largest absolute Gasteiger partial charge is 0.489 e. The minimum atomic E-state index is -2.81. The molecule has 0 spiro atoms. The first-order chi connectivity index (χ1) is 12.1. The third-order valence-electron chi connectivity index (χ3n) is 3.35. The van der Waals surface area contributed by atoms with Crippen molar-refractivity contribution in [3.05, 3.63) is 64.5 Å². The molecule has 0 saturated carbocycles. The molecule has 0 bridgehead atoms. The Labute approximate surface area is 148 Å². The van der Waals surface area contributed by atoms with Crippen LogP contribution in [0, 0.1) is 0 Å². The summed E-state index contributed by atoms with van der Waals surface area (Å²) in [6, 6.07) is 14.2. The van der Waals surface area contributed by atoms with Gasteiger partial charge in [0.15, 0.2) is 0 Å². The van der Waals surface area contributed by atoms with Gasteiger partial charge in [0.2, 0.25) is 0 Å². The Morgan fingerprint density at radius 3 is 2.44 bits per heavy atom. The second-order valence-corrected chi connectivity index (χ2v) is 5.96. The first-order valence-corrected chi connectivity index (χ1v) is 8.62. The SMILES string of the molecule is CC.O=C(O)c1c(C(F)F)sc2ccc(OCc3ccccc3)cc12. The minimum Gasteiger partial charge on any atom is -0.489 e. The molecular weight excluding hydrogens is 346 g/mol. The lowest BCUT2D eigenvalue weighted by atomic mass is 10.1. The highest BCUT2D eigenvalue weighted by atomic mass is 32.1. The Hall–Kier alpha value is -2.47. The van der Waals surface area contributed by atoms with Gasteiger partial charge in [0.05, 0.1) is 10.4 Å². The number of alkyl halides is 2. The number of fused-ring (bicyclic) bond motifs is 1. The van der Waals surface area contributed by atoms with Crippen molar-refractivity contribution in [1.29, 1.82) is 0 Å². The monoisotopic (exact) mass is 364 g/mol. The topological polar surface area (TPSA) is 46.5 Å². The summed E-state index contributed by atoms with van der Waals surface area (Å²) in [5.41, 5.74) is 0.620. The predicted molar refractivity (Wildman–Crippen MR) is 95.9 cm³/mol. The molecular formula is C19H18F2O3S. The molecule has 6 heteroatoms. The fraction of sp³-hybridized carbons (Fsp3) is 0.211. The van der Waals surface area contributed by atoms with Crippen LogP contribution in [0.3, 0.4) is 0 Å². The van der Waals surface area contributed by atoms with E-state index >= 15 is 0 Å². The van der Waals surface area contributed by atoms with Crippen molar-refractivity contribution in [1.82, 2.24) is 0 Å². The Balaban J connectivity index is 0.00000109. The molecule has 1 heterocycles. The van der Waals surface area contributed by atoms with Crippen LogP contribution in [-0.2, 0) is 6.61 Å². The van der Waals surface area contributed by atoms with Crippen LogP contribution in [0.1, 0.15) is 41.1 Å². The van der Waals surface area contributed by atoms with Crippen molar-refractivity contribution < 1.29 is 23.4 Å². The number of halogens is 2. The maximum Gasteiger partial charge on any atom is 0.337 e. The van der Waals surface area contributed by atoms with Crippen molar-refractivity contribution in [3.63, 3.8) is 0 Å². The molecule has 0 unspecified atom stereocenters. The lowest BCUT2D eigenvalue weighted by molar-refractivity contribution is 0.0689. The number of carboxylic acid groups (broad SMARTS) is 1. The minimum absolute atomic E-state index is 0.281. The maximum absolute atomic E-state index is 13.0. The first kappa shape index (κ1) is 18.9. The molecule has 2 aromatic carbocycles. The summed E-state index contributed by atoms with van der Waals surface area (Å²) in [7, 11) is 0. The summed E-state index contributed by atoms with van der Waals surface area (Å²) < 4.78 is 32.2. The van der Waals surface area contributed by atoms with E-state index in [0.717, 1.165) is 16.9 Å². The Bertz CT molecular complexity index is 845. The highest BCUT2D eigenvalue weighted by molar-refractivity contribution is 7.19. The third kappa shape index (κ3) is 4.33. The Morgan fingerprint density at radius 1 is 1.16 bits per heavy atom. The standard InChI is InChI=1S/C17H12F2O3S.C2H6/c18-16(19)15-14(17(20)21)12-8-11(6-7-13(12)23-15)22-9-10-4-2-1-3-5-10;1-2/h1-8,16H,9H2,(H,20,21);1-2H3. The molecule has 1 aromatic heterocycles. The number of rotatable bonds is 5. The molecule has 0 aliphatic carbocycles. The number of hydrogen-bond acceptors (Lipinski definition) is 3. The van der Waals surface area contributed by atoms with E-state index < -0.39 is 17.3 Å². The average molecular weight is 364 g/mol. The van der Waals surface area contributed by atoms with E-state index in [1.807, 2.05) is 44.2 Å². The predicted octanol–water partition coefficient (Wildman–Crippen LogP) is 6.14. The summed E-state index contributed by atoms with van der Waals surface area (Å²) in [5.74, 6) is -0.908. The van der Waals surface area contributed by atoms with Crippen LogP contribution >= 0.6 is 11.3 Å². The summed E-state index contributed by atoms with van der Waals surface area (Å²) in [6.45, 7) is 4.32. The lowest BCUT2D eigenvalue weighted by Gasteiger charge is -2.06. The fourth-order valence-electron chi connectivity index (χ4n) is 2.30. The molecule has 3 rings (SSSR count). The van der Waals surface area contributed by atoms with Crippen LogP contribution in [-0.4, -0.2) is 11.1 Å². The van der Waals surface area contributed by atoms with Gasteiger partial charge >= 0.3 is 5.97 Å². The zero-order chi connectivity index (χ0) is 18.4. The van der Waals surface area contributed by atoms with E-state index in [4.69, 9.17) is 4.74 Å². The fourth-order valence-corrected chi connectivity index (χ4v) is 3.33. The van der Waals surface area contributed by atoms with E-state index in [9.17, 15) is 18.7 Å². The van der Waals surface area contributed by atoms with Crippen molar-refractivity contribution in [2.24, 2.45) is 0 Å². The molecule has 0 radical (unpaired) electrons. The molecule has 0 aliphatic heterocycles. The van der Waals surface area contributed by atoms with Gasteiger partial charge in [-0.05, 0) is 23.8 Å². The van der Waals surface area contributed by atoms with Gasteiger partial charge in [0.1, 0.15) is 12.4 Å². The van der Waals surface area contributed by atoms with Gasteiger partial charge in [-0.3, -0.25) is 0 Å². The number of benzene rings is 2. The average Bonchev–Trinajstić information content (AvgIpc) is 3.02. The van der Waals surface area contributed by atoms with Gasteiger partial charge in [0.25, 0.3) is 6.43 Å². The van der Waals surface area contributed by atoms with Crippen molar-refractivity contribution in [2.45, 2.75) is 26.9 Å². The molecule has 25 heavy (non-hydrogen) atoms. The Kier molecular flexibility index (Phi) is 6.47. The second-order valence-electron chi connectivity index (χ2n) is 4.88. The second kappa shape index (κ2) is 8.58. The van der Waals surface area contributed by atoms with Gasteiger partial charge in [-0.2, -0.15) is 0 Å². The highest BCUT2D eigenvalue weighted by Gasteiger charge is 2.24. The highest BCUT2D eigenvalue weighted by Crippen LogP contribution is 2.39. The van der Waals surface area contributed by atoms with Gasteiger partial charge in [-0.15, -0.1) is 11.3 Å². The van der Waals surface area contributed by atoms with Crippen LogP contribution in [0.5, 0.6) is 5.75 Å². The zero-order valence-corrected chi connectivity index (χ0v) is 14.6. The maximum atomic E-state index is 13.0. The molecule has 0 fully saturated rings. The summed E-state index contributed by atoms with van der Waals surface area (Å²) in [5, 5.41) is 9.51. The molecule has 3 nitrogen and oxygen atoms in total. The van der Waals surface area contributed by atoms with Gasteiger partial charge in [0, 0.05) is 10.1 Å². The summed E-state index contributed by atoms with van der Waals surface area (Å²) in [4.78, 5) is 10.9. The number of aromatic carboxylic acids is 1. The summed E-state index contributed by atoms with van der Waals surface area (Å²) >= 11 is 0.797. The van der Waals surface area contributed by atoms with Crippen molar-refractivity contribution in [3.8, 4) is 5.75 Å². The number of hydrogen-bond donors (Lipinski definition) is 1. The molecule has 0 aliphatic rings. The first-order valence-electron chi connectivity index (χ1n) is 7.81. The smallest absolute Gasteiger partial charge is 0.337 e. The van der Waals surface area contributed by atoms with E-state index in [-0.39, 0.29) is 10.9 Å². The summed E-state index contributed by atoms with van der Waals surface area (Å²) in [6.07, 6.45) is -2.81. The van der Waals surface area contributed by atoms with Gasteiger partial charge in [-0.1, -0.05) is 44.2 Å². The van der Waals surface area contributed by atoms with E-state index in [1.165, 1.54) is 6.07 Å². The van der Waals surface area contributed by atoms with Crippen molar-refractivity contribution >= 4 is 27.4 Å². The Morgan fingerprint density at radius 2 is 1.84 bits per heavy atom. The third-order valence-corrected chi connectivity index (χ3v) is 4.53. The lowest BCUT2D eigenvalue weighted by Crippen LogP contribution is -2.00. The normalized spacial score (nSPS) is 10.4. The van der Waals surface area contributed by atoms with Crippen LogP contribution in [0.15, 0.2) is 48.5 Å². The number of ether oxygens (including phenoxy) is 1. The molecule has 3 aromatic rings.